The Balaban J connectivity index is 1.54. The summed E-state index contributed by atoms with van der Waals surface area (Å²) < 4.78 is 5.78. The molecule has 3 aromatic rings. The van der Waals surface area contributed by atoms with Crippen LogP contribution in [0.25, 0.3) is 11.1 Å². The zero-order chi connectivity index (χ0) is 20.3. The van der Waals surface area contributed by atoms with Gasteiger partial charge in [0, 0.05) is 6.21 Å². The van der Waals surface area contributed by atoms with Crippen molar-refractivity contribution < 1.29 is 4.74 Å². The molecule has 0 heterocycles. The van der Waals surface area contributed by atoms with Gasteiger partial charge in [0.1, 0.15) is 5.75 Å². The number of nitriles is 1. The Hall–Kier alpha value is -3.38. The van der Waals surface area contributed by atoms with Gasteiger partial charge >= 0.3 is 0 Å². The fraction of sp³-hybridized carbons (Fsp3) is 0.231. The molecule has 3 heteroatoms. The molecule has 0 amide bonds. The van der Waals surface area contributed by atoms with Gasteiger partial charge in [-0.25, -0.2) is 0 Å². The van der Waals surface area contributed by atoms with Gasteiger partial charge in [-0.3, -0.25) is 4.99 Å². The molecule has 0 saturated heterocycles. The number of hydrogen-bond donors (Lipinski definition) is 0. The van der Waals surface area contributed by atoms with E-state index in [-0.39, 0.29) is 0 Å². The Bertz CT molecular complexity index is 950. The predicted octanol–water partition coefficient (Wildman–Crippen LogP) is 6.93. The second kappa shape index (κ2) is 10.8. The number of ether oxygens (including phenoxy) is 1. The lowest BCUT2D eigenvalue weighted by Crippen LogP contribution is -1.97. The highest BCUT2D eigenvalue weighted by Gasteiger charge is 1.99. The van der Waals surface area contributed by atoms with E-state index in [2.05, 4.69) is 18.0 Å². The van der Waals surface area contributed by atoms with Crippen LogP contribution in [0.15, 0.2) is 77.8 Å². The van der Waals surface area contributed by atoms with Gasteiger partial charge in [-0.15, -0.1) is 0 Å². The molecule has 29 heavy (non-hydrogen) atoms. The molecule has 3 aromatic carbocycles. The maximum atomic E-state index is 8.90. The van der Waals surface area contributed by atoms with E-state index in [0.29, 0.717) is 5.56 Å². The van der Waals surface area contributed by atoms with Crippen molar-refractivity contribution in [3.8, 4) is 22.9 Å². The van der Waals surface area contributed by atoms with Gasteiger partial charge in [-0.1, -0.05) is 50.5 Å². The van der Waals surface area contributed by atoms with Crippen molar-refractivity contribution in [1.82, 2.24) is 0 Å². The molecule has 146 valence electrons. The zero-order valence-corrected chi connectivity index (χ0v) is 16.8. The fourth-order valence-electron chi connectivity index (χ4n) is 3.00. The van der Waals surface area contributed by atoms with E-state index in [1.165, 1.54) is 19.3 Å². The molecule has 0 aliphatic rings. The molecule has 0 unspecified atom stereocenters. The van der Waals surface area contributed by atoms with Gasteiger partial charge in [0.05, 0.1) is 23.9 Å². The molecule has 0 atom stereocenters. The molecule has 0 radical (unpaired) electrons. The van der Waals surface area contributed by atoms with Crippen LogP contribution in [-0.4, -0.2) is 12.8 Å². The molecule has 0 aromatic heterocycles. The second-order valence-electron chi connectivity index (χ2n) is 6.97. The number of nitrogens with zero attached hydrogens (tertiary/aromatic N) is 2. The molecular formula is C26H26N2O. The van der Waals surface area contributed by atoms with Crippen LogP contribution >= 0.6 is 0 Å². The Morgan fingerprint density at radius 3 is 2.10 bits per heavy atom. The lowest BCUT2D eigenvalue weighted by Gasteiger charge is -2.06. The first-order valence-corrected chi connectivity index (χ1v) is 10.2. The molecule has 0 bridgehead atoms. The quantitative estimate of drug-likeness (QED) is 0.297. The molecule has 0 N–H and O–H groups in total. The monoisotopic (exact) mass is 382 g/mol. The SMILES string of the molecule is CCCCCCOc1ccc(C=Nc2ccc(-c3ccc(C#N)cc3)cc2)cc1. The number of rotatable bonds is 9. The smallest absolute Gasteiger partial charge is 0.119 e. The summed E-state index contributed by atoms with van der Waals surface area (Å²) in [4.78, 5) is 4.56. The lowest BCUT2D eigenvalue weighted by atomic mass is 10.0. The Morgan fingerprint density at radius 1 is 0.828 bits per heavy atom. The van der Waals surface area contributed by atoms with Gasteiger partial charge in [0.15, 0.2) is 0 Å². The molecular weight excluding hydrogens is 356 g/mol. The number of hydrogen-bond acceptors (Lipinski definition) is 3. The maximum absolute atomic E-state index is 8.90. The van der Waals surface area contributed by atoms with Crippen molar-refractivity contribution >= 4 is 11.9 Å². The summed E-state index contributed by atoms with van der Waals surface area (Å²) >= 11 is 0. The average Bonchev–Trinajstić information content (AvgIpc) is 2.79. The van der Waals surface area contributed by atoms with E-state index in [1.54, 1.807) is 0 Å². The first-order valence-electron chi connectivity index (χ1n) is 10.2. The number of unbranched alkanes of at least 4 members (excludes halogenated alkanes) is 3. The summed E-state index contributed by atoms with van der Waals surface area (Å²) in [6, 6.07) is 25.9. The van der Waals surface area contributed by atoms with Crippen LogP contribution in [0, 0.1) is 11.3 Å². The molecule has 3 nitrogen and oxygen atoms in total. The standard InChI is InChI=1S/C26H26N2O/c1-2-3-4-5-18-29-26-16-8-22(9-17-26)20-28-25-14-12-24(13-15-25)23-10-6-21(19-27)7-11-23/h6-17,20H,2-5,18H2,1H3. The summed E-state index contributed by atoms with van der Waals surface area (Å²) in [6.07, 6.45) is 6.71. The summed E-state index contributed by atoms with van der Waals surface area (Å²) in [6.45, 7) is 2.99. The topological polar surface area (TPSA) is 45.4 Å². The van der Waals surface area contributed by atoms with Crippen LogP contribution in [0.2, 0.25) is 0 Å². The van der Waals surface area contributed by atoms with Crippen molar-refractivity contribution in [3.63, 3.8) is 0 Å². The maximum Gasteiger partial charge on any atom is 0.119 e. The van der Waals surface area contributed by atoms with Crippen molar-refractivity contribution in [1.29, 1.82) is 5.26 Å². The van der Waals surface area contributed by atoms with Gasteiger partial charge < -0.3 is 4.74 Å². The summed E-state index contributed by atoms with van der Waals surface area (Å²) in [5.41, 5.74) is 4.81. The van der Waals surface area contributed by atoms with Crippen LogP contribution in [0.5, 0.6) is 5.75 Å². The third-order valence-corrected chi connectivity index (χ3v) is 4.72. The molecule has 0 fully saturated rings. The lowest BCUT2D eigenvalue weighted by molar-refractivity contribution is 0.305. The van der Waals surface area contributed by atoms with Gasteiger partial charge in [-0.05, 0) is 71.6 Å². The highest BCUT2D eigenvalue weighted by Crippen LogP contribution is 2.23. The van der Waals surface area contributed by atoms with Crippen LogP contribution in [-0.2, 0) is 0 Å². The van der Waals surface area contributed by atoms with Crippen molar-refractivity contribution in [3.05, 3.63) is 83.9 Å². The first-order chi connectivity index (χ1) is 14.3. The van der Waals surface area contributed by atoms with Gasteiger partial charge in [0.2, 0.25) is 0 Å². The minimum Gasteiger partial charge on any atom is -0.494 e. The normalized spacial score (nSPS) is 10.8. The van der Waals surface area contributed by atoms with Crippen molar-refractivity contribution in [2.45, 2.75) is 32.6 Å². The molecule has 3 rings (SSSR count). The van der Waals surface area contributed by atoms with Crippen LogP contribution < -0.4 is 4.74 Å². The van der Waals surface area contributed by atoms with E-state index in [9.17, 15) is 0 Å². The second-order valence-corrected chi connectivity index (χ2v) is 6.97. The molecule has 0 aliphatic heterocycles. The van der Waals surface area contributed by atoms with E-state index < -0.39 is 0 Å². The van der Waals surface area contributed by atoms with Gasteiger partial charge in [0.25, 0.3) is 0 Å². The largest absolute Gasteiger partial charge is 0.494 e. The van der Waals surface area contributed by atoms with Crippen LogP contribution in [0.4, 0.5) is 5.69 Å². The fourth-order valence-corrected chi connectivity index (χ4v) is 3.00. The average molecular weight is 383 g/mol. The summed E-state index contributed by atoms with van der Waals surface area (Å²) in [5.74, 6) is 0.908. The first kappa shape index (κ1) is 20.4. The van der Waals surface area contributed by atoms with E-state index >= 15 is 0 Å². The number of benzene rings is 3. The van der Waals surface area contributed by atoms with E-state index in [1.807, 2.05) is 79.0 Å². The molecule has 0 spiro atoms. The zero-order valence-electron chi connectivity index (χ0n) is 16.8. The highest BCUT2D eigenvalue weighted by atomic mass is 16.5. The Labute approximate surface area is 173 Å². The van der Waals surface area contributed by atoms with Crippen molar-refractivity contribution in [2.24, 2.45) is 4.99 Å². The third kappa shape index (κ3) is 6.33. The number of aliphatic imine (C=N–C) groups is 1. The van der Waals surface area contributed by atoms with E-state index in [4.69, 9.17) is 10.00 Å². The van der Waals surface area contributed by atoms with E-state index in [0.717, 1.165) is 41.2 Å². The highest BCUT2D eigenvalue weighted by molar-refractivity contribution is 5.82. The van der Waals surface area contributed by atoms with Gasteiger partial charge in [-0.2, -0.15) is 5.26 Å². The molecule has 0 saturated carbocycles. The molecule has 0 aliphatic carbocycles. The Morgan fingerprint density at radius 2 is 1.48 bits per heavy atom. The van der Waals surface area contributed by atoms with Crippen LogP contribution in [0.3, 0.4) is 0 Å². The summed E-state index contributed by atoms with van der Waals surface area (Å²) in [5, 5.41) is 8.90. The summed E-state index contributed by atoms with van der Waals surface area (Å²) in [7, 11) is 0. The van der Waals surface area contributed by atoms with Crippen molar-refractivity contribution in [2.75, 3.05) is 6.61 Å². The van der Waals surface area contributed by atoms with Crippen LogP contribution in [0.1, 0.15) is 43.7 Å². The minimum absolute atomic E-state index is 0.669. The minimum atomic E-state index is 0.669. The third-order valence-electron chi connectivity index (χ3n) is 4.72. The Kier molecular flexibility index (Phi) is 7.60. The predicted molar refractivity (Wildman–Crippen MR) is 120 cm³/mol.